The van der Waals surface area contributed by atoms with Gasteiger partial charge in [-0.2, -0.15) is 0 Å². The summed E-state index contributed by atoms with van der Waals surface area (Å²) < 4.78 is 11.5. The quantitative estimate of drug-likeness (QED) is 0.170. The number of carbonyl (C=O) groups excluding carboxylic acids is 1. The average molecular weight is 511 g/mol. The van der Waals surface area contributed by atoms with Crippen LogP contribution in [-0.2, 0) is 14.3 Å². The SMILES string of the molecule is O=CC1OC(C#Cc2cc3cc(C#CC4OC(CO)C(O)C(O)C4O)sc3s2)C(O)C(O)C1O. The van der Waals surface area contributed by atoms with Gasteiger partial charge in [0.25, 0.3) is 0 Å². The Hall–Kier alpha value is -1.91. The first-order chi connectivity index (χ1) is 16.2. The minimum atomic E-state index is -1.56. The van der Waals surface area contributed by atoms with Crippen molar-refractivity contribution in [2.45, 2.75) is 61.0 Å². The molecule has 2 fully saturated rings. The van der Waals surface area contributed by atoms with Crippen molar-refractivity contribution in [1.29, 1.82) is 0 Å². The summed E-state index contributed by atoms with van der Waals surface area (Å²) in [5.41, 5.74) is 0. The summed E-state index contributed by atoms with van der Waals surface area (Å²) in [4.78, 5) is 12.3. The zero-order valence-corrected chi connectivity index (χ0v) is 19.0. The normalized spacial score (nSPS) is 38.0. The molecule has 7 N–H and O–H groups in total. The molecule has 182 valence electrons. The first-order valence-corrected chi connectivity index (χ1v) is 11.9. The van der Waals surface area contributed by atoms with Crippen LogP contribution < -0.4 is 0 Å². The summed E-state index contributed by atoms with van der Waals surface area (Å²) in [5.74, 6) is 11.1. The van der Waals surface area contributed by atoms with Gasteiger partial charge in [0.05, 0.1) is 20.4 Å². The molecule has 0 saturated carbocycles. The van der Waals surface area contributed by atoms with Gasteiger partial charge in [0.15, 0.2) is 6.29 Å². The molecule has 0 bridgehead atoms. The minimum absolute atomic E-state index is 0.349. The van der Waals surface area contributed by atoms with Crippen molar-refractivity contribution in [2.24, 2.45) is 0 Å². The Kier molecular flexibility index (Phi) is 7.69. The maximum atomic E-state index is 11.0. The van der Waals surface area contributed by atoms with E-state index in [2.05, 4.69) is 23.7 Å². The Labute approximate surface area is 201 Å². The van der Waals surface area contributed by atoms with Crippen LogP contribution in [0.2, 0.25) is 0 Å². The number of carbonyl (C=O) groups is 1. The maximum absolute atomic E-state index is 11.0. The third kappa shape index (κ3) is 4.90. The summed E-state index contributed by atoms with van der Waals surface area (Å²) in [7, 11) is 0. The van der Waals surface area contributed by atoms with Gasteiger partial charge < -0.3 is 50.0 Å². The maximum Gasteiger partial charge on any atom is 0.151 e. The molecular weight excluding hydrogens is 488 g/mol. The van der Waals surface area contributed by atoms with E-state index in [-0.39, 0.29) is 0 Å². The molecule has 2 aromatic heterocycles. The molecular formula is C22H22O10S2. The van der Waals surface area contributed by atoms with Crippen LogP contribution in [0.3, 0.4) is 0 Å². The molecule has 10 unspecified atom stereocenters. The number of aliphatic hydroxyl groups excluding tert-OH is 7. The fourth-order valence-corrected chi connectivity index (χ4v) is 5.77. The van der Waals surface area contributed by atoms with Crippen molar-refractivity contribution in [1.82, 2.24) is 0 Å². The van der Waals surface area contributed by atoms with Crippen LogP contribution in [0.1, 0.15) is 9.75 Å². The van der Waals surface area contributed by atoms with Crippen molar-refractivity contribution >= 4 is 38.4 Å². The third-order valence-corrected chi connectivity index (χ3v) is 7.79. The van der Waals surface area contributed by atoms with Gasteiger partial charge in [0.1, 0.15) is 61.0 Å². The topological polar surface area (TPSA) is 177 Å². The molecule has 2 aliphatic rings. The highest BCUT2D eigenvalue weighted by Crippen LogP contribution is 2.33. The Morgan fingerprint density at radius 2 is 1.32 bits per heavy atom. The second kappa shape index (κ2) is 10.4. The molecule has 0 aliphatic carbocycles. The molecule has 0 amide bonds. The summed E-state index contributed by atoms with van der Waals surface area (Å²) >= 11 is 2.72. The average Bonchev–Trinajstić information content (AvgIpc) is 3.38. The standard InChI is InChI=1S/C22H22O10S2/c23-7-14-18(27)20(29)16(25)12(31-14)3-1-10-5-9-6-11(34-22(9)33-10)2-4-13-17(26)21(30)19(28)15(8-24)32-13/h5-7,12-21,24-30H,8H2. The van der Waals surface area contributed by atoms with Gasteiger partial charge >= 0.3 is 0 Å². The third-order valence-electron chi connectivity index (χ3n) is 5.57. The van der Waals surface area contributed by atoms with E-state index in [1.165, 1.54) is 22.7 Å². The van der Waals surface area contributed by atoms with E-state index >= 15 is 0 Å². The van der Waals surface area contributed by atoms with E-state index in [0.29, 0.717) is 16.0 Å². The van der Waals surface area contributed by atoms with Crippen LogP contribution in [0.5, 0.6) is 0 Å². The van der Waals surface area contributed by atoms with Gasteiger partial charge in [-0.3, -0.25) is 0 Å². The zero-order chi connectivity index (χ0) is 24.6. The number of hydrogen-bond acceptors (Lipinski definition) is 12. The second-order valence-electron chi connectivity index (χ2n) is 7.88. The highest BCUT2D eigenvalue weighted by atomic mass is 32.2. The molecule has 4 rings (SSSR count). The van der Waals surface area contributed by atoms with Crippen molar-refractivity contribution < 1.29 is 50.0 Å². The van der Waals surface area contributed by atoms with Crippen molar-refractivity contribution in [3.05, 3.63) is 21.9 Å². The molecule has 2 saturated heterocycles. The summed E-state index contributed by atoms with van der Waals surface area (Å²) in [6.45, 7) is -0.528. The Balaban J connectivity index is 1.47. The molecule has 0 spiro atoms. The largest absolute Gasteiger partial charge is 0.394 e. The van der Waals surface area contributed by atoms with Gasteiger partial charge in [-0.15, -0.1) is 22.7 Å². The second-order valence-corrected chi connectivity index (χ2v) is 10.2. The lowest BCUT2D eigenvalue weighted by atomic mass is 9.95. The monoisotopic (exact) mass is 510 g/mol. The van der Waals surface area contributed by atoms with E-state index in [1.807, 2.05) is 0 Å². The number of aliphatic hydroxyl groups is 7. The first kappa shape index (κ1) is 25.2. The molecule has 4 heterocycles. The van der Waals surface area contributed by atoms with Gasteiger partial charge in [0, 0.05) is 5.39 Å². The highest BCUT2D eigenvalue weighted by molar-refractivity contribution is 7.38. The molecule has 2 aliphatic heterocycles. The molecule has 12 heteroatoms. The van der Waals surface area contributed by atoms with Crippen molar-refractivity contribution in [2.75, 3.05) is 6.61 Å². The highest BCUT2D eigenvalue weighted by Gasteiger charge is 2.43. The van der Waals surface area contributed by atoms with Crippen LogP contribution in [0, 0.1) is 23.7 Å². The minimum Gasteiger partial charge on any atom is -0.394 e. The van der Waals surface area contributed by atoms with Gasteiger partial charge in [0.2, 0.25) is 0 Å². The molecule has 34 heavy (non-hydrogen) atoms. The van der Waals surface area contributed by atoms with Gasteiger partial charge in [-0.25, -0.2) is 0 Å². The number of ether oxygens (including phenoxy) is 2. The van der Waals surface area contributed by atoms with Gasteiger partial charge in [-0.05, 0) is 12.1 Å². The number of thiophene rings is 2. The lowest BCUT2D eigenvalue weighted by Gasteiger charge is -2.37. The Morgan fingerprint density at radius 1 is 0.794 bits per heavy atom. The number of aldehydes is 1. The van der Waals surface area contributed by atoms with E-state index in [0.717, 1.165) is 9.40 Å². The summed E-state index contributed by atoms with van der Waals surface area (Å²) in [6, 6.07) is 3.59. The van der Waals surface area contributed by atoms with Crippen molar-refractivity contribution in [3.8, 4) is 23.7 Å². The van der Waals surface area contributed by atoms with Crippen LogP contribution in [0.15, 0.2) is 12.1 Å². The molecule has 10 atom stereocenters. The number of hydrogen-bond donors (Lipinski definition) is 7. The predicted molar refractivity (Wildman–Crippen MR) is 120 cm³/mol. The number of fused-ring (bicyclic) bond motifs is 1. The molecule has 0 radical (unpaired) electrons. The predicted octanol–water partition coefficient (Wildman–Crippen LogP) is -2.44. The fraction of sp³-hybridized carbons (Fsp3) is 0.500. The van der Waals surface area contributed by atoms with Crippen LogP contribution in [-0.4, -0.2) is 110 Å². The van der Waals surface area contributed by atoms with E-state index < -0.39 is 67.6 Å². The Morgan fingerprint density at radius 3 is 1.82 bits per heavy atom. The Bertz CT molecular complexity index is 1120. The summed E-state index contributed by atoms with van der Waals surface area (Å²) in [6.07, 6.45) is -13.1. The molecule has 10 nitrogen and oxygen atoms in total. The summed E-state index contributed by atoms with van der Waals surface area (Å²) in [5, 5.41) is 69.5. The smallest absolute Gasteiger partial charge is 0.151 e. The van der Waals surface area contributed by atoms with Crippen molar-refractivity contribution in [3.63, 3.8) is 0 Å². The molecule has 2 aromatic rings. The zero-order valence-electron chi connectivity index (χ0n) is 17.4. The van der Waals surface area contributed by atoms with Crippen LogP contribution in [0.4, 0.5) is 0 Å². The van der Waals surface area contributed by atoms with E-state index in [9.17, 15) is 40.5 Å². The van der Waals surface area contributed by atoms with E-state index in [1.54, 1.807) is 12.1 Å². The lowest BCUT2D eigenvalue weighted by Crippen LogP contribution is -2.58. The number of rotatable bonds is 2. The molecule has 0 aromatic carbocycles. The van der Waals surface area contributed by atoms with Crippen LogP contribution in [0.25, 0.3) is 9.40 Å². The first-order valence-electron chi connectivity index (χ1n) is 10.3. The van der Waals surface area contributed by atoms with Gasteiger partial charge in [-0.1, -0.05) is 23.7 Å². The van der Waals surface area contributed by atoms with Crippen LogP contribution >= 0.6 is 22.7 Å². The fourth-order valence-electron chi connectivity index (χ4n) is 3.61. The van der Waals surface area contributed by atoms with E-state index in [4.69, 9.17) is 9.47 Å². The lowest BCUT2D eigenvalue weighted by molar-refractivity contribution is -0.214.